The van der Waals surface area contributed by atoms with Gasteiger partial charge in [-0.1, -0.05) is 20.8 Å². The number of nitrogens with zero attached hydrogens (tertiary/aromatic N) is 2. The molecular weight excluding hydrogens is 298 g/mol. The number of carbonyl (C=O) groups is 2. The first-order valence-corrected chi connectivity index (χ1v) is 7.75. The zero-order valence-electron chi connectivity index (χ0n) is 12.8. The number of thiazole rings is 1. The Bertz CT molecular complexity index is 766. The molecule has 1 N–H and O–H groups in total. The molecular formula is C16H17N3O2S. The summed E-state index contributed by atoms with van der Waals surface area (Å²) in [6.45, 7) is 5.53. The van der Waals surface area contributed by atoms with Crippen LogP contribution in [0.4, 0.5) is 5.69 Å². The van der Waals surface area contributed by atoms with E-state index in [0.717, 1.165) is 10.2 Å². The standard InChI is InChI=1S/C16H17N3O2S/c1-16(2,3)13(20)6-7-14(21)18-10-4-5-11-12(8-10)22-15(9-17)19-11/h4-5,8H,6-7H2,1-3H3,(H,18,21). The molecule has 1 heterocycles. The van der Waals surface area contributed by atoms with Crippen LogP contribution in [0.2, 0.25) is 0 Å². The van der Waals surface area contributed by atoms with E-state index in [9.17, 15) is 9.59 Å². The quantitative estimate of drug-likeness (QED) is 0.936. The summed E-state index contributed by atoms with van der Waals surface area (Å²) in [5, 5.41) is 12.0. The third-order valence-electron chi connectivity index (χ3n) is 3.18. The minimum Gasteiger partial charge on any atom is -0.326 e. The van der Waals surface area contributed by atoms with E-state index < -0.39 is 5.41 Å². The number of nitriles is 1. The Morgan fingerprint density at radius 3 is 2.68 bits per heavy atom. The van der Waals surface area contributed by atoms with Crippen molar-refractivity contribution in [2.75, 3.05) is 5.32 Å². The Kier molecular flexibility index (Phi) is 4.57. The Labute approximate surface area is 133 Å². The van der Waals surface area contributed by atoms with Gasteiger partial charge in [0.05, 0.1) is 10.2 Å². The van der Waals surface area contributed by atoms with E-state index in [1.165, 1.54) is 11.3 Å². The summed E-state index contributed by atoms with van der Waals surface area (Å²) in [5.41, 5.74) is 0.964. The maximum Gasteiger partial charge on any atom is 0.224 e. The van der Waals surface area contributed by atoms with Crippen LogP contribution in [-0.4, -0.2) is 16.7 Å². The molecule has 0 radical (unpaired) electrons. The Morgan fingerprint density at radius 2 is 2.05 bits per heavy atom. The van der Waals surface area contributed by atoms with Gasteiger partial charge in [0, 0.05) is 23.9 Å². The van der Waals surface area contributed by atoms with Crippen molar-refractivity contribution in [1.82, 2.24) is 4.98 Å². The summed E-state index contributed by atoms with van der Waals surface area (Å²) in [6.07, 6.45) is 0.400. The maximum absolute atomic E-state index is 11.9. The van der Waals surface area contributed by atoms with Gasteiger partial charge in [0.2, 0.25) is 5.91 Å². The highest BCUT2D eigenvalue weighted by atomic mass is 32.1. The lowest BCUT2D eigenvalue weighted by Gasteiger charge is -2.16. The second kappa shape index (κ2) is 6.24. The SMILES string of the molecule is CC(C)(C)C(=O)CCC(=O)Nc1ccc2nc(C#N)sc2c1. The molecule has 0 saturated heterocycles. The fraction of sp³-hybridized carbons (Fsp3) is 0.375. The van der Waals surface area contributed by atoms with Gasteiger partial charge in [0.15, 0.2) is 5.01 Å². The van der Waals surface area contributed by atoms with Crippen molar-refractivity contribution in [2.24, 2.45) is 5.41 Å². The lowest BCUT2D eigenvalue weighted by atomic mass is 9.88. The summed E-state index contributed by atoms with van der Waals surface area (Å²) < 4.78 is 0.847. The summed E-state index contributed by atoms with van der Waals surface area (Å²) >= 11 is 1.28. The average Bonchev–Trinajstić information content (AvgIpc) is 2.86. The molecule has 0 unspecified atom stereocenters. The minimum atomic E-state index is -0.421. The highest BCUT2D eigenvalue weighted by Crippen LogP contribution is 2.25. The van der Waals surface area contributed by atoms with Gasteiger partial charge in [-0.05, 0) is 18.2 Å². The van der Waals surface area contributed by atoms with Gasteiger partial charge in [-0.15, -0.1) is 11.3 Å². The number of benzene rings is 1. The van der Waals surface area contributed by atoms with E-state index in [0.29, 0.717) is 10.7 Å². The Hall–Kier alpha value is -2.26. The molecule has 1 aromatic carbocycles. The van der Waals surface area contributed by atoms with Gasteiger partial charge in [-0.25, -0.2) is 4.98 Å². The maximum atomic E-state index is 11.9. The molecule has 0 aliphatic carbocycles. The number of amides is 1. The number of carbonyl (C=O) groups excluding carboxylic acids is 2. The highest BCUT2D eigenvalue weighted by Gasteiger charge is 2.21. The molecule has 0 fully saturated rings. The zero-order chi connectivity index (χ0) is 16.3. The number of Topliss-reactive ketones (excluding diaryl/α,β-unsaturated/α-hetero) is 1. The van der Waals surface area contributed by atoms with Crippen molar-refractivity contribution >= 4 is 38.9 Å². The van der Waals surface area contributed by atoms with E-state index in [1.807, 2.05) is 26.8 Å². The van der Waals surface area contributed by atoms with Crippen LogP contribution in [0.3, 0.4) is 0 Å². The molecule has 5 nitrogen and oxygen atoms in total. The molecule has 114 valence electrons. The fourth-order valence-electron chi connectivity index (χ4n) is 1.88. The monoisotopic (exact) mass is 315 g/mol. The van der Waals surface area contributed by atoms with Crippen molar-refractivity contribution in [3.05, 3.63) is 23.2 Å². The summed E-state index contributed by atoms with van der Waals surface area (Å²) in [6, 6.07) is 7.30. The molecule has 0 aliphatic rings. The summed E-state index contributed by atoms with van der Waals surface area (Å²) in [5.74, 6) is -0.124. The van der Waals surface area contributed by atoms with Crippen LogP contribution < -0.4 is 5.32 Å². The Morgan fingerprint density at radius 1 is 1.32 bits per heavy atom. The number of ketones is 1. The molecule has 0 atom stereocenters. The van der Waals surface area contributed by atoms with Crippen molar-refractivity contribution in [3.8, 4) is 6.07 Å². The lowest BCUT2D eigenvalue weighted by molar-refractivity contribution is -0.128. The van der Waals surface area contributed by atoms with Crippen molar-refractivity contribution < 1.29 is 9.59 Å². The normalized spacial score (nSPS) is 11.2. The molecule has 6 heteroatoms. The molecule has 2 aromatic rings. The summed E-state index contributed by atoms with van der Waals surface area (Å²) in [7, 11) is 0. The van der Waals surface area contributed by atoms with Crippen molar-refractivity contribution in [3.63, 3.8) is 0 Å². The lowest BCUT2D eigenvalue weighted by Crippen LogP contribution is -2.22. The highest BCUT2D eigenvalue weighted by molar-refractivity contribution is 7.19. The van der Waals surface area contributed by atoms with E-state index in [2.05, 4.69) is 10.3 Å². The van der Waals surface area contributed by atoms with E-state index in [-0.39, 0.29) is 24.5 Å². The van der Waals surface area contributed by atoms with Gasteiger partial charge in [-0.2, -0.15) is 5.26 Å². The van der Waals surface area contributed by atoms with Crippen LogP contribution in [0.1, 0.15) is 38.6 Å². The average molecular weight is 315 g/mol. The van der Waals surface area contributed by atoms with Gasteiger partial charge in [0.25, 0.3) is 0 Å². The second-order valence-electron chi connectivity index (χ2n) is 6.03. The van der Waals surface area contributed by atoms with Crippen LogP contribution in [0.5, 0.6) is 0 Å². The number of aromatic nitrogens is 1. The minimum absolute atomic E-state index is 0.0687. The topological polar surface area (TPSA) is 82.8 Å². The number of nitrogens with one attached hydrogen (secondary N) is 1. The molecule has 0 saturated carbocycles. The molecule has 0 aliphatic heterocycles. The predicted molar refractivity (Wildman–Crippen MR) is 86.7 cm³/mol. The molecule has 22 heavy (non-hydrogen) atoms. The third kappa shape index (κ3) is 3.89. The van der Waals surface area contributed by atoms with E-state index >= 15 is 0 Å². The van der Waals surface area contributed by atoms with Gasteiger partial charge < -0.3 is 5.32 Å². The van der Waals surface area contributed by atoms with E-state index in [1.54, 1.807) is 18.2 Å². The molecule has 2 rings (SSSR count). The number of fused-ring (bicyclic) bond motifs is 1. The number of hydrogen-bond donors (Lipinski definition) is 1. The number of anilines is 1. The summed E-state index contributed by atoms with van der Waals surface area (Å²) in [4.78, 5) is 27.9. The first-order valence-electron chi connectivity index (χ1n) is 6.93. The van der Waals surface area contributed by atoms with Crippen molar-refractivity contribution in [1.29, 1.82) is 5.26 Å². The van der Waals surface area contributed by atoms with Crippen LogP contribution in [0.25, 0.3) is 10.2 Å². The van der Waals surface area contributed by atoms with E-state index in [4.69, 9.17) is 5.26 Å². The van der Waals surface area contributed by atoms with Crippen LogP contribution >= 0.6 is 11.3 Å². The largest absolute Gasteiger partial charge is 0.326 e. The first-order chi connectivity index (χ1) is 10.3. The molecule has 0 bridgehead atoms. The zero-order valence-corrected chi connectivity index (χ0v) is 13.6. The van der Waals surface area contributed by atoms with Crippen molar-refractivity contribution in [2.45, 2.75) is 33.6 Å². The Balaban J connectivity index is 2.00. The first kappa shape index (κ1) is 16.1. The van der Waals surface area contributed by atoms with Gasteiger partial charge >= 0.3 is 0 Å². The fourth-order valence-corrected chi connectivity index (χ4v) is 2.68. The van der Waals surface area contributed by atoms with Gasteiger partial charge in [-0.3, -0.25) is 9.59 Å². The van der Waals surface area contributed by atoms with Crippen LogP contribution in [0, 0.1) is 16.7 Å². The molecule has 1 amide bonds. The molecule has 1 aromatic heterocycles. The number of hydrogen-bond acceptors (Lipinski definition) is 5. The third-order valence-corrected chi connectivity index (χ3v) is 4.11. The predicted octanol–water partition coefficient (Wildman–Crippen LogP) is 3.50. The number of rotatable bonds is 4. The van der Waals surface area contributed by atoms with Gasteiger partial charge in [0.1, 0.15) is 11.9 Å². The second-order valence-corrected chi connectivity index (χ2v) is 7.07. The smallest absolute Gasteiger partial charge is 0.224 e. The molecule has 0 spiro atoms. The van der Waals surface area contributed by atoms with Crippen LogP contribution in [0.15, 0.2) is 18.2 Å². The van der Waals surface area contributed by atoms with Crippen LogP contribution in [-0.2, 0) is 9.59 Å².